The van der Waals surface area contributed by atoms with Gasteiger partial charge in [-0.1, -0.05) is 6.92 Å². The highest BCUT2D eigenvalue weighted by atomic mass is 19.4. The van der Waals surface area contributed by atoms with Crippen LogP contribution in [0.3, 0.4) is 0 Å². The average Bonchev–Trinajstić information content (AvgIpc) is 2.60. The first kappa shape index (κ1) is 9.84. The Hall–Kier alpha value is -0.250. The van der Waals surface area contributed by atoms with Gasteiger partial charge in [-0.2, -0.15) is 13.2 Å². The third kappa shape index (κ3) is 3.95. The molecule has 1 fully saturated rings. The highest BCUT2D eigenvalue weighted by Gasteiger charge is 2.36. The summed E-state index contributed by atoms with van der Waals surface area (Å²) in [5, 5.41) is 2.82. The van der Waals surface area contributed by atoms with Crippen LogP contribution in [-0.2, 0) is 0 Å². The first-order chi connectivity index (χ1) is 5.41. The second-order valence-corrected chi connectivity index (χ2v) is 3.85. The zero-order chi connectivity index (χ0) is 9.24. The van der Waals surface area contributed by atoms with Crippen LogP contribution in [0, 0.1) is 5.41 Å². The van der Waals surface area contributed by atoms with Gasteiger partial charge in [-0.15, -0.1) is 0 Å². The molecule has 0 heterocycles. The Bertz CT molecular complexity index is 142. The minimum Gasteiger partial charge on any atom is -0.316 e. The van der Waals surface area contributed by atoms with Crippen LogP contribution in [0.5, 0.6) is 0 Å². The van der Waals surface area contributed by atoms with E-state index in [0.717, 1.165) is 19.4 Å². The summed E-state index contributed by atoms with van der Waals surface area (Å²) in [5.41, 5.74) is 0.297. The molecule has 0 aromatic heterocycles. The van der Waals surface area contributed by atoms with Gasteiger partial charge in [-0.3, -0.25) is 0 Å². The lowest BCUT2D eigenvalue weighted by Crippen LogP contribution is -2.26. The molecule has 0 saturated heterocycles. The van der Waals surface area contributed by atoms with Gasteiger partial charge in [0.15, 0.2) is 0 Å². The Kier molecular flexibility index (Phi) is 2.66. The van der Waals surface area contributed by atoms with E-state index in [9.17, 15) is 13.2 Å². The highest BCUT2D eigenvalue weighted by molar-refractivity contribution is 4.90. The highest BCUT2D eigenvalue weighted by Crippen LogP contribution is 2.44. The molecule has 12 heavy (non-hydrogen) atoms. The second-order valence-electron chi connectivity index (χ2n) is 3.85. The number of halogens is 3. The molecule has 1 saturated carbocycles. The first-order valence-electron chi connectivity index (χ1n) is 4.19. The standard InChI is InChI=1S/C8H14F3N/c1-7(2-3-7)6-12-5-4-8(9,10)11/h12H,2-6H2,1H3. The summed E-state index contributed by atoms with van der Waals surface area (Å²) in [6.07, 6.45) is -2.45. The Morgan fingerprint density at radius 1 is 1.33 bits per heavy atom. The number of hydrogen-bond acceptors (Lipinski definition) is 1. The van der Waals surface area contributed by atoms with Crippen LogP contribution in [0.2, 0.25) is 0 Å². The summed E-state index contributed by atoms with van der Waals surface area (Å²) in [4.78, 5) is 0. The fraction of sp³-hybridized carbons (Fsp3) is 1.00. The molecule has 1 aliphatic carbocycles. The van der Waals surface area contributed by atoms with Crippen molar-refractivity contribution in [2.75, 3.05) is 13.1 Å². The van der Waals surface area contributed by atoms with Gasteiger partial charge in [0.05, 0.1) is 6.42 Å². The smallest absolute Gasteiger partial charge is 0.316 e. The Morgan fingerprint density at radius 3 is 2.33 bits per heavy atom. The molecule has 0 amide bonds. The topological polar surface area (TPSA) is 12.0 Å². The molecule has 0 spiro atoms. The van der Waals surface area contributed by atoms with E-state index >= 15 is 0 Å². The van der Waals surface area contributed by atoms with Crippen LogP contribution in [-0.4, -0.2) is 19.3 Å². The molecule has 0 unspecified atom stereocenters. The maximum absolute atomic E-state index is 11.7. The largest absolute Gasteiger partial charge is 0.390 e. The van der Waals surface area contributed by atoms with Gasteiger partial charge in [-0.25, -0.2) is 0 Å². The lowest BCUT2D eigenvalue weighted by atomic mass is 10.1. The maximum Gasteiger partial charge on any atom is 0.390 e. The lowest BCUT2D eigenvalue weighted by Gasteiger charge is -2.10. The summed E-state index contributed by atoms with van der Waals surface area (Å²) >= 11 is 0. The van der Waals surface area contributed by atoms with Crippen molar-refractivity contribution in [2.24, 2.45) is 5.41 Å². The van der Waals surface area contributed by atoms with E-state index < -0.39 is 12.6 Å². The molecule has 4 heteroatoms. The summed E-state index contributed by atoms with van der Waals surface area (Å²) in [7, 11) is 0. The van der Waals surface area contributed by atoms with Crippen molar-refractivity contribution >= 4 is 0 Å². The number of rotatable bonds is 4. The van der Waals surface area contributed by atoms with Gasteiger partial charge < -0.3 is 5.32 Å². The third-order valence-corrected chi connectivity index (χ3v) is 2.24. The molecule has 1 N–H and O–H groups in total. The fourth-order valence-corrected chi connectivity index (χ4v) is 1.01. The SMILES string of the molecule is CC1(CNCCC(F)(F)F)CC1. The number of hydrogen-bond donors (Lipinski definition) is 1. The quantitative estimate of drug-likeness (QED) is 0.656. The molecule has 1 aliphatic rings. The molecule has 0 radical (unpaired) electrons. The number of nitrogens with one attached hydrogen (secondary N) is 1. The van der Waals surface area contributed by atoms with Gasteiger partial charge in [0.2, 0.25) is 0 Å². The van der Waals surface area contributed by atoms with E-state index in [1.807, 2.05) is 0 Å². The number of alkyl halides is 3. The molecule has 0 aliphatic heterocycles. The van der Waals surface area contributed by atoms with Gasteiger partial charge in [0, 0.05) is 13.1 Å². The Balaban J connectivity index is 1.96. The van der Waals surface area contributed by atoms with Crippen molar-refractivity contribution < 1.29 is 13.2 Å². The van der Waals surface area contributed by atoms with E-state index in [0.29, 0.717) is 5.41 Å². The van der Waals surface area contributed by atoms with Crippen LogP contribution in [0.1, 0.15) is 26.2 Å². The van der Waals surface area contributed by atoms with Crippen molar-refractivity contribution in [3.63, 3.8) is 0 Å². The Labute approximate surface area is 70.3 Å². The van der Waals surface area contributed by atoms with Crippen molar-refractivity contribution in [1.82, 2.24) is 5.32 Å². The molecule has 1 nitrogen and oxygen atoms in total. The molecule has 0 aromatic rings. The fourth-order valence-electron chi connectivity index (χ4n) is 1.01. The zero-order valence-corrected chi connectivity index (χ0v) is 7.17. The van der Waals surface area contributed by atoms with Gasteiger partial charge in [0.25, 0.3) is 0 Å². The molecule has 1 rings (SSSR count). The molecule has 0 atom stereocenters. The third-order valence-electron chi connectivity index (χ3n) is 2.24. The second kappa shape index (κ2) is 3.24. The molecule has 0 aromatic carbocycles. The van der Waals surface area contributed by atoms with E-state index in [2.05, 4.69) is 12.2 Å². The normalized spacial score (nSPS) is 21.0. The predicted molar refractivity (Wildman–Crippen MR) is 40.9 cm³/mol. The zero-order valence-electron chi connectivity index (χ0n) is 7.17. The van der Waals surface area contributed by atoms with Gasteiger partial charge in [-0.05, 0) is 18.3 Å². The molecular formula is C8H14F3N. The molecule has 0 bridgehead atoms. The summed E-state index contributed by atoms with van der Waals surface area (Å²) in [6, 6.07) is 0. The summed E-state index contributed by atoms with van der Waals surface area (Å²) < 4.78 is 35.0. The van der Waals surface area contributed by atoms with Gasteiger partial charge >= 0.3 is 6.18 Å². The molecule has 72 valence electrons. The van der Waals surface area contributed by atoms with Crippen LogP contribution >= 0.6 is 0 Å². The van der Waals surface area contributed by atoms with Gasteiger partial charge in [0.1, 0.15) is 0 Å². The van der Waals surface area contributed by atoms with Crippen LogP contribution in [0.25, 0.3) is 0 Å². The lowest BCUT2D eigenvalue weighted by molar-refractivity contribution is -0.133. The van der Waals surface area contributed by atoms with E-state index in [4.69, 9.17) is 0 Å². The van der Waals surface area contributed by atoms with Crippen molar-refractivity contribution in [1.29, 1.82) is 0 Å². The average molecular weight is 181 g/mol. The first-order valence-corrected chi connectivity index (χ1v) is 4.19. The predicted octanol–water partition coefficient (Wildman–Crippen LogP) is 2.33. The van der Waals surface area contributed by atoms with Crippen molar-refractivity contribution in [3.8, 4) is 0 Å². The van der Waals surface area contributed by atoms with E-state index in [1.54, 1.807) is 0 Å². The van der Waals surface area contributed by atoms with Crippen LogP contribution < -0.4 is 5.32 Å². The van der Waals surface area contributed by atoms with Crippen LogP contribution in [0.4, 0.5) is 13.2 Å². The summed E-state index contributed by atoms with van der Waals surface area (Å²) in [6.45, 7) is 2.87. The van der Waals surface area contributed by atoms with Crippen molar-refractivity contribution in [2.45, 2.75) is 32.4 Å². The molecular weight excluding hydrogens is 167 g/mol. The monoisotopic (exact) mass is 181 g/mol. The van der Waals surface area contributed by atoms with E-state index in [1.165, 1.54) is 0 Å². The maximum atomic E-state index is 11.7. The van der Waals surface area contributed by atoms with Crippen molar-refractivity contribution in [3.05, 3.63) is 0 Å². The Morgan fingerprint density at radius 2 is 1.92 bits per heavy atom. The minimum absolute atomic E-state index is 0.0547. The van der Waals surface area contributed by atoms with Crippen LogP contribution in [0.15, 0.2) is 0 Å². The minimum atomic E-state index is -4.02. The van der Waals surface area contributed by atoms with E-state index in [-0.39, 0.29) is 6.54 Å². The summed E-state index contributed by atoms with van der Waals surface area (Å²) in [5.74, 6) is 0.